The van der Waals surface area contributed by atoms with Gasteiger partial charge in [0.2, 0.25) is 0 Å². The Kier molecular flexibility index (Phi) is 6.45. The maximum absolute atomic E-state index is 13.2. The van der Waals surface area contributed by atoms with Gasteiger partial charge in [0.05, 0.1) is 25.0 Å². The van der Waals surface area contributed by atoms with Gasteiger partial charge in [-0.15, -0.1) is 0 Å². The monoisotopic (exact) mass is 478 g/mol. The lowest BCUT2D eigenvalue weighted by Gasteiger charge is -2.46. The first kappa shape index (κ1) is 24.0. The average molecular weight is 479 g/mol. The molecular weight excluding hydrogens is 444 g/mol. The summed E-state index contributed by atoms with van der Waals surface area (Å²) in [4.78, 5) is 26.3. The van der Waals surface area contributed by atoms with E-state index in [-0.39, 0.29) is 49.2 Å². The number of hydrogen-bond acceptors (Lipinski definition) is 6. The van der Waals surface area contributed by atoms with Gasteiger partial charge in [0.25, 0.3) is 0 Å². The summed E-state index contributed by atoms with van der Waals surface area (Å²) in [6, 6.07) is 16.7. The number of epoxide rings is 2. The molecule has 6 heteroatoms. The molecule has 1 aliphatic carbocycles. The number of benzene rings is 2. The van der Waals surface area contributed by atoms with Gasteiger partial charge in [-0.3, -0.25) is 9.59 Å². The summed E-state index contributed by atoms with van der Waals surface area (Å²) in [5.74, 6) is -1.53. The number of fused-ring (bicyclic) bond motifs is 3. The zero-order chi connectivity index (χ0) is 24.7. The standard InChI is InChI=1S/C29H34O6/c1-17(27(30)34-15-21-13-32-21)19(3)29(20(4)18(2)28(31)35-16-22-14-33-22)25-11-7-5-9-23(25)24-10-6-8-12-26(24)29/h5-12,17-22H,13-16H2,1-4H3. The van der Waals surface area contributed by atoms with Crippen LogP contribution in [0, 0.1) is 23.7 Å². The van der Waals surface area contributed by atoms with Crippen LogP contribution < -0.4 is 0 Å². The van der Waals surface area contributed by atoms with Crippen LogP contribution in [0.1, 0.15) is 38.8 Å². The molecule has 0 saturated carbocycles. The van der Waals surface area contributed by atoms with Gasteiger partial charge in [0.15, 0.2) is 0 Å². The summed E-state index contributed by atoms with van der Waals surface area (Å²) >= 11 is 0. The van der Waals surface area contributed by atoms with Gasteiger partial charge < -0.3 is 18.9 Å². The molecule has 0 aromatic heterocycles. The highest BCUT2D eigenvalue weighted by atomic mass is 16.6. The van der Waals surface area contributed by atoms with Crippen molar-refractivity contribution in [2.75, 3.05) is 26.4 Å². The Balaban J connectivity index is 1.55. The van der Waals surface area contributed by atoms with E-state index in [9.17, 15) is 9.59 Å². The molecule has 6 unspecified atom stereocenters. The van der Waals surface area contributed by atoms with Crippen LogP contribution in [-0.4, -0.2) is 50.6 Å². The number of hydrogen-bond donors (Lipinski definition) is 0. The maximum atomic E-state index is 13.2. The number of ether oxygens (including phenoxy) is 4. The lowest BCUT2D eigenvalue weighted by Crippen LogP contribution is -2.48. The molecule has 0 bridgehead atoms. The SMILES string of the molecule is CC(C(=O)OCC1CO1)C(C)C1(C(C)C(C)C(=O)OCC2CO2)c2ccccc2-c2ccccc21. The summed E-state index contributed by atoms with van der Waals surface area (Å²) in [5, 5.41) is 0. The minimum atomic E-state index is -0.573. The summed E-state index contributed by atoms with van der Waals surface area (Å²) in [6.45, 7) is 9.97. The van der Waals surface area contributed by atoms with Crippen molar-refractivity contribution in [1.82, 2.24) is 0 Å². The first-order valence-corrected chi connectivity index (χ1v) is 12.6. The molecule has 2 heterocycles. The molecule has 2 fully saturated rings. The van der Waals surface area contributed by atoms with Crippen LogP contribution >= 0.6 is 0 Å². The molecule has 6 atom stereocenters. The highest BCUT2D eigenvalue weighted by Gasteiger charge is 2.55. The minimum Gasteiger partial charge on any atom is -0.463 e. The molecule has 0 N–H and O–H groups in total. The summed E-state index contributed by atoms with van der Waals surface area (Å²) in [5.41, 5.74) is 4.03. The van der Waals surface area contributed by atoms with Gasteiger partial charge in [-0.2, -0.15) is 0 Å². The third kappa shape index (κ3) is 4.27. The fourth-order valence-corrected chi connectivity index (χ4v) is 5.84. The van der Waals surface area contributed by atoms with Gasteiger partial charge in [-0.25, -0.2) is 0 Å². The second-order valence-electron chi connectivity index (χ2n) is 10.3. The fourth-order valence-electron chi connectivity index (χ4n) is 5.84. The van der Waals surface area contributed by atoms with Gasteiger partial charge in [0.1, 0.15) is 25.4 Å². The van der Waals surface area contributed by atoms with Crippen LogP contribution in [0.2, 0.25) is 0 Å². The molecule has 2 aliphatic heterocycles. The molecule has 6 nitrogen and oxygen atoms in total. The third-order valence-electron chi connectivity index (χ3n) is 8.34. The minimum absolute atomic E-state index is 0.0208. The Hall–Kier alpha value is -2.70. The molecule has 2 saturated heterocycles. The van der Waals surface area contributed by atoms with Gasteiger partial charge >= 0.3 is 11.9 Å². The molecule has 2 aromatic rings. The van der Waals surface area contributed by atoms with Gasteiger partial charge in [0, 0.05) is 5.41 Å². The maximum Gasteiger partial charge on any atom is 0.309 e. The van der Waals surface area contributed by atoms with Crippen molar-refractivity contribution in [2.45, 2.75) is 45.3 Å². The largest absolute Gasteiger partial charge is 0.463 e. The van der Waals surface area contributed by atoms with Crippen molar-refractivity contribution >= 4 is 11.9 Å². The van der Waals surface area contributed by atoms with Crippen molar-refractivity contribution in [3.05, 3.63) is 59.7 Å². The number of carbonyl (C=O) groups is 2. The Labute approximate surface area is 206 Å². The zero-order valence-electron chi connectivity index (χ0n) is 20.9. The molecule has 0 amide bonds. The lowest BCUT2D eigenvalue weighted by molar-refractivity contribution is -0.153. The van der Waals surface area contributed by atoms with Gasteiger partial charge in [-0.1, -0.05) is 76.2 Å². The average Bonchev–Trinajstić information content (AvgIpc) is 3.82. The molecule has 186 valence electrons. The summed E-state index contributed by atoms with van der Waals surface area (Å²) in [7, 11) is 0. The molecule has 0 radical (unpaired) electrons. The summed E-state index contributed by atoms with van der Waals surface area (Å²) in [6.07, 6.45) is 0.0417. The zero-order valence-corrected chi connectivity index (χ0v) is 20.9. The fraction of sp³-hybridized carbons (Fsp3) is 0.517. The van der Waals surface area contributed by atoms with E-state index in [1.807, 2.05) is 38.1 Å². The predicted octanol–water partition coefficient (Wildman–Crippen LogP) is 4.38. The van der Waals surface area contributed by atoms with Crippen molar-refractivity contribution in [1.29, 1.82) is 0 Å². The molecule has 5 rings (SSSR count). The normalized spacial score (nSPS) is 24.3. The predicted molar refractivity (Wildman–Crippen MR) is 131 cm³/mol. The number of esters is 2. The van der Waals surface area contributed by atoms with Crippen molar-refractivity contribution < 1.29 is 28.5 Å². The second-order valence-corrected chi connectivity index (χ2v) is 10.3. The van der Waals surface area contributed by atoms with Crippen LogP contribution in [0.25, 0.3) is 11.1 Å². The topological polar surface area (TPSA) is 77.7 Å². The van der Waals surface area contributed by atoms with E-state index < -0.39 is 17.3 Å². The number of carbonyl (C=O) groups excluding carboxylic acids is 2. The molecule has 0 spiro atoms. The summed E-state index contributed by atoms with van der Waals surface area (Å²) < 4.78 is 21.7. The lowest BCUT2D eigenvalue weighted by atomic mass is 9.56. The smallest absolute Gasteiger partial charge is 0.309 e. The van der Waals surface area contributed by atoms with E-state index in [0.717, 1.165) is 22.3 Å². The molecular formula is C29H34O6. The van der Waals surface area contributed by atoms with Crippen LogP contribution in [0.3, 0.4) is 0 Å². The van der Waals surface area contributed by atoms with E-state index in [1.54, 1.807) is 0 Å². The third-order valence-corrected chi connectivity index (χ3v) is 8.34. The second kappa shape index (κ2) is 9.40. The number of rotatable bonds is 10. The van der Waals surface area contributed by atoms with E-state index in [1.165, 1.54) is 0 Å². The highest BCUT2D eigenvalue weighted by molar-refractivity contribution is 5.83. The van der Waals surface area contributed by atoms with Crippen LogP contribution in [0.15, 0.2) is 48.5 Å². The quantitative estimate of drug-likeness (QED) is 0.373. The molecule has 35 heavy (non-hydrogen) atoms. The van der Waals surface area contributed by atoms with Crippen molar-refractivity contribution in [3.63, 3.8) is 0 Å². The van der Waals surface area contributed by atoms with E-state index in [2.05, 4.69) is 38.1 Å². The molecule has 2 aromatic carbocycles. The van der Waals surface area contributed by atoms with Crippen LogP contribution in [-0.2, 0) is 34.0 Å². The van der Waals surface area contributed by atoms with Crippen molar-refractivity contribution in [2.24, 2.45) is 23.7 Å². The van der Waals surface area contributed by atoms with E-state index in [4.69, 9.17) is 18.9 Å². The Morgan fingerprint density at radius 3 is 1.51 bits per heavy atom. The first-order chi connectivity index (χ1) is 16.9. The van der Waals surface area contributed by atoms with Gasteiger partial charge in [-0.05, 0) is 34.1 Å². The first-order valence-electron chi connectivity index (χ1n) is 12.6. The molecule has 3 aliphatic rings. The van der Waals surface area contributed by atoms with E-state index >= 15 is 0 Å². The van der Waals surface area contributed by atoms with Crippen LogP contribution in [0.5, 0.6) is 0 Å². The Morgan fingerprint density at radius 2 is 1.14 bits per heavy atom. The van der Waals surface area contributed by atoms with E-state index in [0.29, 0.717) is 13.2 Å². The van der Waals surface area contributed by atoms with Crippen LogP contribution in [0.4, 0.5) is 0 Å². The van der Waals surface area contributed by atoms with Crippen molar-refractivity contribution in [3.8, 4) is 11.1 Å². The highest BCUT2D eigenvalue weighted by Crippen LogP contribution is 2.59. The Bertz CT molecular complexity index is 1010. The Morgan fingerprint density at radius 1 is 0.771 bits per heavy atom.